The minimum Gasteiger partial charge on any atom is -0.349 e. The minimum absolute atomic E-state index is 0.00633. The summed E-state index contributed by atoms with van der Waals surface area (Å²) in [6, 6.07) is 4.43. The first-order chi connectivity index (χ1) is 11.6. The van der Waals surface area contributed by atoms with Gasteiger partial charge in [0.15, 0.2) is 0 Å². The van der Waals surface area contributed by atoms with Crippen LogP contribution in [0.4, 0.5) is 0 Å². The Hall–Kier alpha value is -2.21. The van der Waals surface area contributed by atoms with Gasteiger partial charge in [-0.1, -0.05) is 6.07 Å². The molecule has 2 aliphatic rings. The Morgan fingerprint density at radius 2 is 2.29 bits per heavy atom. The third kappa shape index (κ3) is 3.06. The smallest absolute Gasteiger partial charge is 0.254 e. The van der Waals surface area contributed by atoms with Crippen molar-refractivity contribution in [3.8, 4) is 0 Å². The molecule has 1 saturated heterocycles. The number of pyridine rings is 1. The third-order valence-corrected chi connectivity index (χ3v) is 5.31. The highest BCUT2D eigenvalue weighted by Gasteiger charge is 2.48. The van der Waals surface area contributed by atoms with Crippen molar-refractivity contribution in [3.05, 3.63) is 48.0 Å². The van der Waals surface area contributed by atoms with Crippen LogP contribution in [0.3, 0.4) is 0 Å². The van der Waals surface area contributed by atoms with Crippen molar-refractivity contribution in [2.24, 2.45) is 12.5 Å². The molecular formula is C18H23N5O. The van der Waals surface area contributed by atoms with Crippen molar-refractivity contribution < 1.29 is 4.79 Å². The number of hydrogen-bond donors (Lipinski definition) is 1. The highest BCUT2D eigenvalue weighted by atomic mass is 16.1. The predicted molar refractivity (Wildman–Crippen MR) is 90.3 cm³/mol. The summed E-state index contributed by atoms with van der Waals surface area (Å²) < 4.78 is 1.66. The van der Waals surface area contributed by atoms with Gasteiger partial charge in [0.05, 0.1) is 11.8 Å². The highest BCUT2D eigenvalue weighted by Crippen LogP contribution is 2.48. The number of rotatable bonds is 4. The largest absolute Gasteiger partial charge is 0.349 e. The second-order valence-corrected chi connectivity index (χ2v) is 7.30. The van der Waals surface area contributed by atoms with Crippen LogP contribution < -0.4 is 5.32 Å². The second kappa shape index (κ2) is 6.02. The summed E-state index contributed by atoms with van der Waals surface area (Å²) in [5.41, 5.74) is 2.31. The lowest BCUT2D eigenvalue weighted by atomic mass is 9.65. The maximum atomic E-state index is 12.2. The van der Waals surface area contributed by atoms with E-state index in [2.05, 4.69) is 26.4 Å². The Morgan fingerprint density at radius 3 is 3.00 bits per heavy atom. The molecule has 126 valence electrons. The fourth-order valence-electron chi connectivity index (χ4n) is 4.14. The molecule has 1 amide bonds. The molecule has 6 nitrogen and oxygen atoms in total. The molecule has 2 aromatic rings. The molecule has 2 fully saturated rings. The van der Waals surface area contributed by atoms with Crippen molar-refractivity contribution in [3.63, 3.8) is 0 Å². The number of aryl methyl sites for hydroxylation is 1. The van der Waals surface area contributed by atoms with Crippen molar-refractivity contribution in [2.75, 3.05) is 13.1 Å². The van der Waals surface area contributed by atoms with Gasteiger partial charge in [-0.2, -0.15) is 5.10 Å². The number of hydrogen-bond acceptors (Lipinski definition) is 4. The van der Waals surface area contributed by atoms with E-state index >= 15 is 0 Å². The Kier molecular flexibility index (Phi) is 3.84. The standard InChI is InChI=1S/C18H23N5O/c1-22-12-15(10-20-22)17(24)21-16-7-18(8-16)4-6-23(13-18)11-14-3-2-5-19-9-14/h2-3,5,9-10,12,16H,4,6-8,11,13H2,1H3,(H,21,24). The quantitative estimate of drug-likeness (QED) is 0.927. The molecule has 1 N–H and O–H groups in total. The zero-order valence-corrected chi connectivity index (χ0v) is 14.0. The van der Waals surface area contributed by atoms with E-state index < -0.39 is 0 Å². The molecule has 0 bridgehead atoms. The molecule has 3 heterocycles. The van der Waals surface area contributed by atoms with Gasteiger partial charge in [-0.3, -0.25) is 19.4 Å². The highest BCUT2D eigenvalue weighted by molar-refractivity contribution is 5.93. The van der Waals surface area contributed by atoms with Crippen LogP contribution in [-0.4, -0.2) is 44.7 Å². The van der Waals surface area contributed by atoms with E-state index in [-0.39, 0.29) is 5.91 Å². The molecule has 0 aromatic carbocycles. The van der Waals surface area contributed by atoms with Crippen molar-refractivity contribution in [1.82, 2.24) is 25.0 Å². The van der Waals surface area contributed by atoms with Crippen molar-refractivity contribution >= 4 is 5.91 Å². The number of likely N-dealkylation sites (tertiary alicyclic amines) is 1. The van der Waals surface area contributed by atoms with Crippen LogP contribution in [0.2, 0.25) is 0 Å². The van der Waals surface area contributed by atoms with Crippen LogP contribution in [0.1, 0.15) is 35.2 Å². The topological polar surface area (TPSA) is 63.1 Å². The molecule has 0 atom stereocenters. The van der Waals surface area contributed by atoms with Crippen molar-refractivity contribution in [1.29, 1.82) is 0 Å². The number of nitrogens with zero attached hydrogens (tertiary/aromatic N) is 4. The lowest BCUT2D eigenvalue weighted by Crippen LogP contribution is -2.51. The monoisotopic (exact) mass is 325 g/mol. The molecule has 0 unspecified atom stereocenters. The normalized spacial score (nSPS) is 26.5. The fourth-order valence-corrected chi connectivity index (χ4v) is 4.14. The van der Waals surface area contributed by atoms with Gasteiger partial charge in [0, 0.05) is 44.8 Å². The first-order valence-corrected chi connectivity index (χ1v) is 8.53. The van der Waals surface area contributed by atoms with Gasteiger partial charge in [0.1, 0.15) is 0 Å². The molecule has 24 heavy (non-hydrogen) atoms. The lowest BCUT2D eigenvalue weighted by molar-refractivity contribution is 0.0694. The molecule has 1 saturated carbocycles. The van der Waals surface area contributed by atoms with E-state index in [1.165, 1.54) is 12.0 Å². The van der Waals surface area contributed by atoms with E-state index in [0.29, 0.717) is 17.0 Å². The summed E-state index contributed by atoms with van der Waals surface area (Å²) in [7, 11) is 1.82. The van der Waals surface area contributed by atoms with Gasteiger partial charge in [0.25, 0.3) is 5.91 Å². The Morgan fingerprint density at radius 1 is 1.42 bits per heavy atom. The molecular weight excluding hydrogens is 302 g/mol. The summed E-state index contributed by atoms with van der Waals surface area (Å²) >= 11 is 0. The molecule has 2 aromatic heterocycles. The van der Waals surface area contributed by atoms with Gasteiger partial charge in [-0.05, 0) is 42.9 Å². The minimum atomic E-state index is -0.00633. The van der Waals surface area contributed by atoms with Crippen LogP contribution >= 0.6 is 0 Å². The Balaban J connectivity index is 1.27. The maximum Gasteiger partial charge on any atom is 0.254 e. The van der Waals surface area contributed by atoms with E-state index in [1.807, 2.05) is 25.5 Å². The predicted octanol–water partition coefficient (Wildman–Crippen LogP) is 1.60. The van der Waals surface area contributed by atoms with Crippen LogP contribution in [0.15, 0.2) is 36.9 Å². The van der Waals surface area contributed by atoms with E-state index in [4.69, 9.17) is 0 Å². The van der Waals surface area contributed by atoms with Gasteiger partial charge < -0.3 is 5.32 Å². The molecule has 1 spiro atoms. The fraction of sp³-hybridized carbons (Fsp3) is 0.500. The first-order valence-electron chi connectivity index (χ1n) is 8.53. The molecule has 6 heteroatoms. The second-order valence-electron chi connectivity index (χ2n) is 7.30. The lowest BCUT2D eigenvalue weighted by Gasteiger charge is -2.45. The average Bonchev–Trinajstić information content (AvgIpc) is 3.15. The van der Waals surface area contributed by atoms with E-state index in [0.717, 1.165) is 32.5 Å². The number of nitrogens with one attached hydrogen (secondary N) is 1. The number of amides is 1. The Labute approximate surface area is 141 Å². The van der Waals surface area contributed by atoms with E-state index in [1.54, 1.807) is 17.1 Å². The summed E-state index contributed by atoms with van der Waals surface area (Å²) in [6.07, 6.45) is 10.5. The zero-order valence-electron chi connectivity index (χ0n) is 14.0. The van der Waals surface area contributed by atoms with Gasteiger partial charge in [-0.25, -0.2) is 0 Å². The summed E-state index contributed by atoms with van der Waals surface area (Å²) in [6.45, 7) is 3.24. The number of aromatic nitrogens is 3. The SMILES string of the molecule is Cn1cc(C(=O)NC2CC3(CCN(Cc4cccnc4)C3)C2)cn1. The van der Waals surface area contributed by atoms with Crippen LogP contribution in [0.5, 0.6) is 0 Å². The first kappa shape index (κ1) is 15.3. The molecule has 1 aliphatic carbocycles. The van der Waals surface area contributed by atoms with Gasteiger partial charge in [-0.15, -0.1) is 0 Å². The summed E-state index contributed by atoms with van der Waals surface area (Å²) in [4.78, 5) is 18.9. The number of carbonyl (C=O) groups is 1. The maximum absolute atomic E-state index is 12.2. The Bertz CT molecular complexity index is 720. The van der Waals surface area contributed by atoms with Crippen LogP contribution in [0.25, 0.3) is 0 Å². The third-order valence-electron chi connectivity index (χ3n) is 5.31. The molecule has 1 aliphatic heterocycles. The van der Waals surface area contributed by atoms with Crippen LogP contribution in [-0.2, 0) is 13.6 Å². The van der Waals surface area contributed by atoms with Crippen molar-refractivity contribution in [2.45, 2.75) is 31.8 Å². The zero-order chi connectivity index (χ0) is 16.6. The summed E-state index contributed by atoms with van der Waals surface area (Å²) in [5.74, 6) is -0.00633. The van der Waals surface area contributed by atoms with E-state index in [9.17, 15) is 4.79 Å². The number of carbonyl (C=O) groups excluding carboxylic acids is 1. The average molecular weight is 325 g/mol. The van der Waals surface area contributed by atoms with Crippen LogP contribution in [0, 0.1) is 5.41 Å². The molecule has 0 radical (unpaired) electrons. The van der Waals surface area contributed by atoms with Gasteiger partial charge >= 0.3 is 0 Å². The molecule has 4 rings (SSSR count). The summed E-state index contributed by atoms with van der Waals surface area (Å²) in [5, 5.41) is 7.19. The van der Waals surface area contributed by atoms with Gasteiger partial charge in [0.2, 0.25) is 0 Å².